The lowest BCUT2D eigenvalue weighted by atomic mass is 10.0. The SMILES string of the molecule is COc1cc(CBr)cc(OC)c1C1=CCCC1. The van der Waals surface area contributed by atoms with Crippen LogP contribution in [0.25, 0.3) is 5.57 Å². The molecule has 0 spiro atoms. The quantitative estimate of drug-likeness (QED) is 0.777. The van der Waals surface area contributed by atoms with Crippen molar-refractivity contribution in [1.29, 1.82) is 0 Å². The normalized spacial score (nSPS) is 14.6. The van der Waals surface area contributed by atoms with Gasteiger partial charge in [0.1, 0.15) is 11.5 Å². The van der Waals surface area contributed by atoms with Crippen LogP contribution in [0.3, 0.4) is 0 Å². The molecule has 0 radical (unpaired) electrons. The molecule has 1 aromatic carbocycles. The van der Waals surface area contributed by atoms with Crippen LogP contribution in [0.5, 0.6) is 11.5 Å². The Bertz CT molecular complexity index is 413. The van der Waals surface area contributed by atoms with Crippen molar-refractivity contribution in [1.82, 2.24) is 0 Å². The van der Waals surface area contributed by atoms with Crippen molar-refractivity contribution in [3.05, 3.63) is 29.3 Å². The van der Waals surface area contributed by atoms with Gasteiger partial charge < -0.3 is 9.47 Å². The first-order chi connectivity index (χ1) is 8.30. The maximum atomic E-state index is 5.50. The van der Waals surface area contributed by atoms with Gasteiger partial charge in [0.2, 0.25) is 0 Å². The molecule has 0 atom stereocenters. The molecule has 0 bridgehead atoms. The zero-order valence-electron chi connectivity index (χ0n) is 10.3. The molecule has 1 aliphatic carbocycles. The fraction of sp³-hybridized carbons (Fsp3) is 0.429. The van der Waals surface area contributed by atoms with E-state index in [0.29, 0.717) is 0 Å². The third-order valence-corrected chi connectivity index (χ3v) is 3.73. The first kappa shape index (κ1) is 12.5. The number of hydrogen-bond donors (Lipinski definition) is 0. The van der Waals surface area contributed by atoms with E-state index in [1.807, 2.05) is 0 Å². The van der Waals surface area contributed by atoms with Gasteiger partial charge in [-0.1, -0.05) is 22.0 Å². The number of halogens is 1. The minimum absolute atomic E-state index is 0.805. The average Bonchev–Trinajstić information content (AvgIpc) is 2.90. The molecule has 0 fully saturated rings. The summed E-state index contributed by atoms with van der Waals surface area (Å²) in [7, 11) is 3.43. The zero-order chi connectivity index (χ0) is 12.3. The van der Waals surface area contributed by atoms with Crippen LogP contribution in [-0.2, 0) is 5.33 Å². The van der Waals surface area contributed by atoms with Crippen LogP contribution in [0.15, 0.2) is 18.2 Å². The monoisotopic (exact) mass is 296 g/mol. The summed E-state index contributed by atoms with van der Waals surface area (Å²) in [5, 5.41) is 0.805. The van der Waals surface area contributed by atoms with E-state index < -0.39 is 0 Å². The molecule has 2 rings (SSSR count). The molecule has 17 heavy (non-hydrogen) atoms. The van der Waals surface area contributed by atoms with Crippen molar-refractivity contribution in [3.8, 4) is 11.5 Å². The van der Waals surface area contributed by atoms with Gasteiger partial charge in [-0.3, -0.25) is 0 Å². The van der Waals surface area contributed by atoms with Crippen molar-refractivity contribution in [2.75, 3.05) is 14.2 Å². The number of benzene rings is 1. The summed E-state index contributed by atoms with van der Waals surface area (Å²) in [6, 6.07) is 4.15. The summed E-state index contributed by atoms with van der Waals surface area (Å²) in [5.74, 6) is 1.82. The molecule has 0 unspecified atom stereocenters. The predicted molar refractivity (Wildman–Crippen MR) is 74.0 cm³/mol. The van der Waals surface area contributed by atoms with E-state index in [1.54, 1.807) is 14.2 Å². The Balaban J connectivity index is 2.54. The Morgan fingerprint density at radius 2 is 1.82 bits per heavy atom. The number of hydrogen-bond acceptors (Lipinski definition) is 2. The van der Waals surface area contributed by atoms with E-state index >= 15 is 0 Å². The lowest BCUT2D eigenvalue weighted by Crippen LogP contribution is -1.97. The van der Waals surface area contributed by atoms with Gasteiger partial charge in [0.25, 0.3) is 0 Å². The molecule has 0 saturated heterocycles. The Kier molecular flexibility index (Phi) is 4.11. The molecule has 0 aromatic heterocycles. The number of alkyl halides is 1. The van der Waals surface area contributed by atoms with Crippen molar-refractivity contribution in [2.45, 2.75) is 24.6 Å². The number of ether oxygens (including phenoxy) is 2. The molecule has 1 aliphatic rings. The second kappa shape index (κ2) is 5.58. The molecule has 0 saturated carbocycles. The highest BCUT2D eigenvalue weighted by molar-refractivity contribution is 9.08. The first-order valence-corrected chi connectivity index (χ1v) is 6.92. The van der Waals surface area contributed by atoms with Crippen LogP contribution in [-0.4, -0.2) is 14.2 Å². The van der Waals surface area contributed by atoms with Crippen LogP contribution >= 0.6 is 15.9 Å². The summed E-state index contributed by atoms with van der Waals surface area (Å²) in [6.07, 6.45) is 5.78. The summed E-state index contributed by atoms with van der Waals surface area (Å²) in [4.78, 5) is 0. The van der Waals surface area contributed by atoms with Gasteiger partial charge in [-0.25, -0.2) is 0 Å². The average molecular weight is 297 g/mol. The van der Waals surface area contributed by atoms with Gasteiger partial charge in [-0.15, -0.1) is 0 Å². The first-order valence-electron chi connectivity index (χ1n) is 5.80. The lowest BCUT2D eigenvalue weighted by Gasteiger charge is -2.15. The Labute approximate surface area is 111 Å². The fourth-order valence-electron chi connectivity index (χ4n) is 2.26. The number of allylic oxidation sites excluding steroid dienone is 2. The highest BCUT2D eigenvalue weighted by atomic mass is 79.9. The van der Waals surface area contributed by atoms with Gasteiger partial charge in [0, 0.05) is 5.33 Å². The smallest absolute Gasteiger partial charge is 0.130 e. The molecule has 0 heterocycles. The summed E-state index contributed by atoms with van der Waals surface area (Å²) >= 11 is 3.47. The van der Waals surface area contributed by atoms with Gasteiger partial charge in [0.15, 0.2) is 0 Å². The van der Waals surface area contributed by atoms with Gasteiger partial charge in [-0.2, -0.15) is 0 Å². The third kappa shape index (κ3) is 2.49. The highest BCUT2D eigenvalue weighted by Gasteiger charge is 2.18. The number of methoxy groups -OCH3 is 2. The van der Waals surface area contributed by atoms with Gasteiger partial charge in [-0.05, 0) is 42.5 Å². The minimum atomic E-state index is 0.805. The van der Waals surface area contributed by atoms with Gasteiger partial charge >= 0.3 is 0 Å². The molecule has 0 N–H and O–H groups in total. The van der Waals surface area contributed by atoms with Crippen LogP contribution in [0.2, 0.25) is 0 Å². The van der Waals surface area contributed by atoms with E-state index in [9.17, 15) is 0 Å². The molecule has 92 valence electrons. The van der Waals surface area contributed by atoms with E-state index in [2.05, 4.69) is 34.1 Å². The highest BCUT2D eigenvalue weighted by Crippen LogP contribution is 2.41. The number of rotatable bonds is 4. The minimum Gasteiger partial charge on any atom is -0.496 e. The summed E-state index contributed by atoms with van der Waals surface area (Å²) < 4.78 is 11.0. The fourth-order valence-corrected chi connectivity index (χ4v) is 2.58. The molecule has 1 aromatic rings. The predicted octanol–water partition coefficient (Wildman–Crippen LogP) is 4.17. The largest absolute Gasteiger partial charge is 0.496 e. The topological polar surface area (TPSA) is 18.5 Å². The molecular weight excluding hydrogens is 280 g/mol. The van der Waals surface area contributed by atoms with Crippen LogP contribution in [0.4, 0.5) is 0 Å². The van der Waals surface area contributed by atoms with E-state index in [-0.39, 0.29) is 0 Å². The molecule has 3 heteroatoms. The van der Waals surface area contributed by atoms with Crippen molar-refractivity contribution < 1.29 is 9.47 Å². The van der Waals surface area contributed by atoms with Crippen molar-refractivity contribution in [3.63, 3.8) is 0 Å². The Morgan fingerprint density at radius 1 is 1.18 bits per heavy atom. The van der Waals surface area contributed by atoms with Crippen molar-refractivity contribution >= 4 is 21.5 Å². The molecule has 0 aliphatic heterocycles. The Hall–Kier alpha value is -0.960. The molecule has 2 nitrogen and oxygen atoms in total. The van der Waals surface area contributed by atoms with E-state index in [0.717, 1.165) is 35.2 Å². The maximum absolute atomic E-state index is 5.50. The second-order valence-corrected chi connectivity index (χ2v) is 4.69. The van der Waals surface area contributed by atoms with Crippen LogP contribution in [0, 0.1) is 0 Å². The van der Waals surface area contributed by atoms with Crippen LogP contribution < -0.4 is 9.47 Å². The lowest BCUT2D eigenvalue weighted by molar-refractivity contribution is 0.391. The second-order valence-electron chi connectivity index (χ2n) is 4.13. The summed E-state index contributed by atoms with van der Waals surface area (Å²) in [6.45, 7) is 0. The van der Waals surface area contributed by atoms with Gasteiger partial charge in [0.05, 0.1) is 19.8 Å². The standard InChI is InChI=1S/C14H17BrO2/c1-16-12-7-10(9-15)8-13(17-2)14(12)11-5-3-4-6-11/h5,7-8H,3-4,6,9H2,1-2H3. The zero-order valence-corrected chi connectivity index (χ0v) is 11.8. The summed E-state index contributed by atoms with van der Waals surface area (Å²) in [5.41, 5.74) is 3.64. The Morgan fingerprint density at radius 3 is 2.24 bits per heavy atom. The van der Waals surface area contributed by atoms with Crippen molar-refractivity contribution in [2.24, 2.45) is 0 Å². The molecular formula is C14H17BrO2. The maximum Gasteiger partial charge on any atom is 0.130 e. The van der Waals surface area contributed by atoms with E-state index in [1.165, 1.54) is 17.6 Å². The molecule has 0 amide bonds. The van der Waals surface area contributed by atoms with E-state index in [4.69, 9.17) is 9.47 Å². The third-order valence-electron chi connectivity index (χ3n) is 3.08. The van der Waals surface area contributed by atoms with Crippen LogP contribution in [0.1, 0.15) is 30.4 Å².